The number of aromatic nitrogens is 1. The van der Waals surface area contributed by atoms with Crippen molar-refractivity contribution in [2.24, 2.45) is 5.92 Å². The number of hydrogen-bond acceptors (Lipinski definition) is 5. The molecule has 5 rings (SSSR count). The van der Waals surface area contributed by atoms with Gasteiger partial charge in [0.25, 0.3) is 5.56 Å². The van der Waals surface area contributed by atoms with Crippen LogP contribution in [0.4, 0.5) is 5.69 Å². The number of ether oxygens (including phenoxy) is 1. The summed E-state index contributed by atoms with van der Waals surface area (Å²) in [4.78, 5) is 41.6. The van der Waals surface area contributed by atoms with Crippen molar-refractivity contribution < 1.29 is 14.3 Å². The predicted molar refractivity (Wildman–Crippen MR) is 131 cm³/mol. The molecule has 2 aromatic heterocycles. The van der Waals surface area contributed by atoms with Crippen molar-refractivity contribution >= 4 is 28.8 Å². The van der Waals surface area contributed by atoms with Gasteiger partial charge in [-0.2, -0.15) is 0 Å². The van der Waals surface area contributed by atoms with E-state index in [0.717, 1.165) is 28.3 Å². The van der Waals surface area contributed by atoms with Gasteiger partial charge in [0.15, 0.2) is 0 Å². The summed E-state index contributed by atoms with van der Waals surface area (Å²) in [5.74, 6) is 1.02. The summed E-state index contributed by atoms with van der Waals surface area (Å²) in [6.45, 7) is 1.86. The Balaban J connectivity index is 1.28. The third-order valence-corrected chi connectivity index (χ3v) is 7.54. The Labute approximate surface area is 202 Å². The standard InChI is InChI=1S/C26H27N3O4S/c1-33-20-6-4-17(5-7-20)12-24(30)27-22-8-9-23-19-11-18(15-29(23)26(22)32)14-28(16-19)25(31)13-21-3-2-10-34-21/h2-10,18-19H,11-16H2,1H3,(H,27,30)/t18-,19-/m1/s1. The summed E-state index contributed by atoms with van der Waals surface area (Å²) in [6, 6.07) is 14.9. The number of likely N-dealkylation sites (tertiary alicyclic amines) is 1. The molecule has 2 aliphatic heterocycles. The van der Waals surface area contributed by atoms with Gasteiger partial charge in [0.1, 0.15) is 11.4 Å². The zero-order chi connectivity index (χ0) is 23.7. The normalized spacial score (nSPS) is 18.8. The summed E-state index contributed by atoms with van der Waals surface area (Å²) in [6.07, 6.45) is 1.59. The van der Waals surface area contributed by atoms with E-state index in [1.165, 1.54) is 0 Å². The van der Waals surface area contributed by atoms with Crippen LogP contribution in [-0.2, 0) is 29.0 Å². The van der Waals surface area contributed by atoms with E-state index in [1.807, 2.05) is 52.7 Å². The number of fused-ring (bicyclic) bond motifs is 4. The maximum Gasteiger partial charge on any atom is 0.274 e. The summed E-state index contributed by atoms with van der Waals surface area (Å²) in [7, 11) is 1.60. The average Bonchev–Trinajstić information content (AvgIpc) is 3.34. The number of amides is 2. The Morgan fingerprint density at radius 1 is 1.06 bits per heavy atom. The average molecular weight is 478 g/mol. The van der Waals surface area contributed by atoms with Gasteiger partial charge in [-0.3, -0.25) is 14.4 Å². The number of pyridine rings is 1. The van der Waals surface area contributed by atoms with E-state index in [0.29, 0.717) is 31.7 Å². The molecular weight excluding hydrogens is 450 g/mol. The van der Waals surface area contributed by atoms with Crippen LogP contribution in [0.5, 0.6) is 5.75 Å². The molecule has 0 saturated carbocycles. The largest absolute Gasteiger partial charge is 0.497 e. The molecule has 1 fully saturated rings. The van der Waals surface area contributed by atoms with Crippen LogP contribution in [0.15, 0.2) is 58.7 Å². The number of nitrogens with one attached hydrogen (secondary N) is 1. The number of thiophene rings is 1. The molecular formula is C26H27N3O4S. The van der Waals surface area contributed by atoms with Gasteiger partial charge in [-0.25, -0.2) is 0 Å². The van der Waals surface area contributed by atoms with Crippen LogP contribution < -0.4 is 15.6 Å². The Hall–Kier alpha value is -3.39. The number of nitrogens with zero attached hydrogens (tertiary/aromatic N) is 2. The fraction of sp³-hybridized carbons (Fsp3) is 0.346. The molecule has 0 unspecified atom stereocenters. The fourth-order valence-corrected chi connectivity index (χ4v) is 5.74. The third-order valence-electron chi connectivity index (χ3n) is 6.66. The molecule has 7 nitrogen and oxygen atoms in total. The van der Waals surface area contributed by atoms with Crippen molar-refractivity contribution in [3.63, 3.8) is 0 Å². The zero-order valence-electron chi connectivity index (χ0n) is 19.0. The Morgan fingerprint density at radius 2 is 1.88 bits per heavy atom. The molecule has 0 aliphatic carbocycles. The second-order valence-corrected chi connectivity index (χ2v) is 10.0. The molecule has 1 N–H and O–H groups in total. The Morgan fingerprint density at radius 3 is 2.62 bits per heavy atom. The lowest BCUT2D eigenvalue weighted by atomic mass is 9.83. The van der Waals surface area contributed by atoms with Crippen LogP contribution in [-0.4, -0.2) is 41.5 Å². The number of rotatable bonds is 6. The summed E-state index contributed by atoms with van der Waals surface area (Å²) in [5, 5.41) is 4.78. The molecule has 2 bridgehead atoms. The van der Waals surface area contributed by atoms with Crippen LogP contribution in [0.2, 0.25) is 0 Å². The highest BCUT2D eigenvalue weighted by Gasteiger charge is 2.36. The smallest absolute Gasteiger partial charge is 0.274 e. The molecule has 2 atom stereocenters. The van der Waals surface area contributed by atoms with Gasteiger partial charge < -0.3 is 19.5 Å². The first-order valence-corrected chi connectivity index (χ1v) is 12.3. The summed E-state index contributed by atoms with van der Waals surface area (Å²) >= 11 is 1.60. The van der Waals surface area contributed by atoms with Crippen molar-refractivity contribution in [3.8, 4) is 5.75 Å². The molecule has 34 heavy (non-hydrogen) atoms. The molecule has 0 radical (unpaired) electrons. The molecule has 4 heterocycles. The van der Waals surface area contributed by atoms with Crippen molar-refractivity contribution in [1.82, 2.24) is 9.47 Å². The highest BCUT2D eigenvalue weighted by molar-refractivity contribution is 7.10. The van der Waals surface area contributed by atoms with E-state index in [2.05, 4.69) is 5.32 Å². The van der Waals surface area contributed by atoms with Gasteiger partial charge in [-0.1, -0.05) is 18.2 Å². The minimum atomic E-state index is -0.232. The van der Waals surface area contributed by atoms with E-state index < -0.39 is 0 Å². The first-order valence-electron chi connectivity index (χ1n) is 11.5. The van der Waals surface area contributed by atoms with Gasteiger partial charge in [0.05, 0.1) is 20.0 Å². The Bertz CT molecular complexity index is 1250. The minimum absolute atomic E-state index is 0.136. The van der Waals surface area contributed by atoms with Gasteiger partial charge in [0, 0.05) is 36.1 Å². The molecule has 2 amide bonds. The minimum Gasteiger partial charge on any atom is -0.497 e. The zero-order valence-corrected chi connectivity index (χ0v) is 19.8. The number of carbonyl (C=O) groups is 2. The fourth-order valence-electron chi connectivity index (χ4n) is 5.04. The molecule has 1 aromatic carbocycles. The van der Waals surface area contributed by atoms with Crippen LogP contribution in [0.3, 0.4) is 0 Å². The van der Waals surface area contributed by atoms with Crippen LogP contribution in [0.1, 0.15) is 28.5 Å². The van der Waals surface area contributed by atoms with E-state index in [9.17, 15) is 14.4 Å². The number of benzene rings is 1. The van der Waals surface area contributed by atoms with Crippen LogP contribution >= 0.6 is 11.3 Å². The number of anilines is 1. The predicted octanol–water partition coefficient (Wildman–Crippen LogP) is 3.29. The van der Waals surface area contributed by atoms with Crippen molar-refractivity contribution in [2.75, 3.05) is 25.5 Å². The SMILES string of the molecule is COc1ccc(CC(=O)Nc2ccc3n(c2=O)C[C@@H]2C[C@@H]3CN(C(=O)Cc3cccs3)C2)cc1. The van der Waals surface area contributed by atoms with E-state index in [4.69, 9.17) is 4.74 Å². The number of methoxy groups -OCH3 is 1. The molecule has 0 spiro atoms. The number of hydrogen-bond donors (Lipinski definition) is 1. The molecule has 2 aliphatic rings. The van der Waals surface area contributed by atoms with Crippen LogP contribution in [0.25, 0.3) is 0 Å². The number of piperidine rings is 1. The lowest BCUT2D eigenvalue weighted by molar-refractivity contribution is -0.133. The van der Waals surface area contributed by atoms with Crippen LogP contribution in [0, 0.1) is 5.92 Å². The summed E-state index contributed by atoms with van der Waals surface area (Å²) in [5.41, 5.74) is 1.92. The molecule has 8 heteroatoms. The first-order chi connectivity index (χ1) is 16.5. The highest BCUT2D eigenvalue weighted by atomic mass is 32.1. The molecule has 176 valence electrons. The highest BCUT2D eigenvalue weighted by Crippen LogP contribution is 2.35. The summed E-state index contributed by atoms with van der Waals surface area (Å²) < 4.78 is 6.94. The quantitative estimate of drug-likeness (QED) is 0.591. The second kappa shape index (κ2) is 9.46. The lowest BCUT2D eigenvalue weighted by Gasteiger charge is -2.43. The van der Waals surface area contributed by atoms with Gasteiger partial charge in [0.2, 0.25) is 11.8 Å². The molecule has 1 saturated heterocycles. The van der Waals surface area contributed by atoms with Gasteiger partial charge in [-0.05, 0) is 53.6 Å². The Kier molecular flexibility index (Phi) is 6.24. The number of carbonyl (C=O) groups excluding carboxylic acids is 2. The van der Waals surface area contributed by atoms with Crippen molar-refractivity contribution in [1.29, 1.82) is 0 Å². The second-order valence-electron chi connectivity index (χ2n) is 9.01. The van der Waals surface area contributed by atoms with Gasteiger partial charge >= 0.3 is 0 Å². The maximum absolute atomic E-state index is 13.2. The van der Waals surface area contributed by atoms with Crippen molar-refractivity contribution in [3.05, 3.63) is 80.4 Å². The lowest BCUT2D eigenvalue weighted by Crippen LogP contribution is -2.49. The van der Waals surface area contributed by atoms with E-state index in [1.54, 1.807) is 29.1 Å². The monoisotopic (exact) mass is 477 g/mol. The maximum atomic E-state index is 13.2. The third kappa shape index (κ3) is 4.63. The van der Waals surface area contributed by atoms with Crippen molar-refractivity contribution in [2.45, 2.75) is 31.7 Å². The van der Waals surface area contributed by atoms with E-state index >= 15 is 0 Å². The molecule has 3 aromatic rings. The topological polar surface area (TPSA) is 80.6 Å². The first kappa shape index (κ1) is 22.4. The van der Waals surface area contributed by atoms with E-state index in [-0.39, 0.29) is 35.6 Å². The van der Waals surface area contributed by atoms with Gasteiger partial charge in [-0.15, -0.1) is 11.3 Å².